The number of nitriles is 1. The molecule has 0 saturated carbocycles. The standard InChI is InChI=1S/C14H11N3O3/c1-20-13-6-9(7-15)2-3-11(13)17-14(19)10-4-5-16-8-12(10)18/h2-6,8,18H,1H3,(H,17,19). The smallest absolute Gasteiger partial charge is 0.259 e. The molecule has 0 spiro atoms. The van der Waals surface area contributed by atoms with E-state index in [1.54, 1.807) is 12.1 Å². The fourth-order valence-corrected chi connectivity index (χ4v) is 1.63. The number of ether oxygens (including phenoxy) is 1. The average molecular weight is 269 g/mol. The van der Waals surface area contributed by atoms with E-state index in [2.05, 4.69) is 10.3 Å². The first-order valence-corrected chi connectivity index (χ1v) is 5.68. The number of nitrogens with one attached hydrogen (secondary N) is 1. The van der Waals surface area contributed by atoms with Crippen LogP contribution in [-0.2, 0) is 0 Å². The third-order valence-corrected chi connectivity index (χ3v) is 2.62. The van der Waals surface area contributed by atoms with Crippen molar-refractivity contribution in [3.63, 3.8) is 0 Å². The van der Waals surface area contributed by atoms with Gasteiger partial charge in [-0.1, -0.05) is 0 Å². The molecule has 1 heterocycles. The minimum Gasteiger partial charge on any atom is -0.505 e. The Morgan fingerprint density at radius 3 is 2.90 bits per heavy atom. The van der Waals surface area contributed by atoms with Gasteiger partial charge >= 0.3 is 0 Å². The van der Waals surface area contributed by atoms with Gasteiger partial charge in [-0.25, -0.2) is 0 Å². The highest BCUT2D eigenvalue weighted by atomic mass is 16.5. The van der Waals surface area contributed by atoms with Crippen LogP contribution in [0.5, 0.6) is 11.5 Å². The van der Waals surface area contributed by atoms with Crippen molar-refractivity contribution in [3.05, 3.63) is 47.8 Å². The van der Waals surface area contributed by atoms with E-state index >= 15 is 0 Å². The van der Waals surface area contributed by atoms with E-state index in [-0.39, 0.29) is 11.3 Å². The van der Waals surface area contributed by atoms with Crippen LogP contribution in [0.3, 0.4) is 0 Å². The summed E-state index contributed by atoms with van der Waals surface area (Å²) in [5, 5.41) is 21.0. The number of methoxy groups -OCH3 is 1. The summed E-state index contributed by atoms with van der Waals surface area (Å²) in [7, 11) is 1.44. The van der Waals surface area contributed by atoms with Gasteiger partial charge in [0.05, 0.1) is 36.2 Å². The summed E-state index contributed by atoms with van der Waals surface area (Å²) in [6.45, 7) is 0. The Balaban J connectivity index is 2.29. The van der Waals surface area contributed by atoms with Gasteiger partial charge in [0.25, 0.3) is 5.91 Å². The van der Waals surface area contributed by atoms with Gasteiger partial charge in [-0.15, -0.1) is 0 Å². The van der Waals surface area contributed by atoms with Crippen LogP contribution in [0, 0.1) is 11.3 Å². The lowest BCUT2D eigenvalue weighted by Gasteiger charge is -2.10. The summed E-state index contributed by atoms with van der Waals surface area (Å²) in [4.78, 5) is 15.7. The largest absolute Gasteiger partial charge is 0.505 e. The molecule has 2 N–H and O–H groups in total. The predicted molar refractivity (Wildman–Crippen MR) is 71.6 cm³/mol. The molecule has 0 atom stereocenters. The summed E-state index contributed by atoms with van der Waals surface area (Å²) < 4.78 is 5.11. The molecule has 100 valence electrons. The SMILES string of the molecule is COc1cc(C#N)ccc1NC(=O)c1ccncc1O. The number of aromatic hydroxyl groups is 1. The molecule has 1 aromatic carbocycles. The lowest BCUT2D eigenvalue weighted by Crippen LogP contribution is -2.13. The van der Waals surface area contributed by atoms with Crippen molar-refractivity contribution < 1.29 is 14.6 Å². The van der Waals surface area contributed by atoms with E-state index in [0.717, 1.165) is 0 Å². The summed E-state index contributed by atoms with van der Waals surface area (Å²) in [6, 6.07) is 8.02. The summed E-state index contributed by atoms with van der Waals surface area (Å²) in [6.07, 6.45) is 2.59. The zero-order valence-electron chi connectivity index (χ0n) is 10.6. The maximum absolute atomic E-state index is 12.0. The lowest BCUT2D eigenvalue weighted by atomic mass is 10.2. The third kappa shape index (κ3) is 2.67. The van der Waals surface area contributed by atoms with Gasteiger partial charge in [0.2, 0.25) is 0 Å². The molecule has 1 amide bonds. The Bertz CT molecular complexity index is 692. The summed E-state index contributed by atoms with van der Waals surface area (Å²) >= 11 is 0. The first kappa shape index (κ1) is 13.4. The molecule has 0 aliphatic carbocycles. The molecule has 6 nitrogen and oxygen atoms in total. The molecular weight excluding hydrogens is 258 g/mol. The Morgan fingerprint density at radius 2 is 2.25 bits per heavy atom. The van der Waals surface area contributed by atoms with Crippen molar-refractivity contribution in [2.24, 2.45) is 0 Å². The second-order valence-corrected chi connectivity index (χ2v) is 3.87. The van der Waals surface area contributed by atoms with Crippen molar-refractivity contribution in [1.82, 2.24) is 4.98 Å². The highest BCUT2D eigenvalue weighted by Gasteiger charge is 2.13. The number of aromatic nitrogens is 1. The van der Waals surface area contributed by atoms with Crippen LogP contribution < -0.4 is 10.1 Å². The third-order valence-electron chi connectivity index (χ3n) is 2.62. The average Bonchev–Trinajstić information content (AvgIpc) is 2.48. The minimum atomic E-state index is -0.493. The fourth-order valence-electron chi connectivity index (χ4n) is 1.63. The number of benzene rings is 1. The monoisotopic (exact) mass is 269 g/mol. The minimum absolute atomic E-state index is 0.103. The van der Waals surface area contributed by atoms with Crippen LogP contribution in [-0.4, -0.2) is 23.1 Å². The molecule has 0 unspecified atom stereocenters. The highest BCUT2D eigenvalue weighted by Crippen LogP contribution is 2.26. The molecule has 0 fully saturated rings. The first-order chi connectivity index (χ1) is 9.65. The van der Waals surface area contributed by atoms with Gasteiger partial charge in [-0.05, 0) is 18.2 Å². The van der Waals surface area contributed by atoms with Crippen LogP contribution >= 0.6 is 0 Å². The zero-order valence-corrected chi connectivity index (χ0v) is 10.6. The van der Waals surface area contributed by atoms with E-state index in [1.807, 2.05) is 6.07 Å². The molecule has 0 aliphatic rings. The van der Waals surface area contributed by atoms with Crippen molar-refractivity contribution in [2.45, 2.75) is 0 Å². The molecular formula is C14H11N3O3. The molecule has 1 aromatic heterocycles. The topological polar surface area (TPSA) is 95.2 Å². The number of pyridine rings is 1. The van der Waals surface area contributed by atoms with Crippen LogP contribution in [0.2, 0.25) is 0 Å². The second kappa shape index (κ2) is 5.71. The van der Waals surface area contributed by atoms with E-state index < -0.39 is 5.91 Å². The Hall–Kier alpha value is -3.07. The van der Waals surface area contributed by atoms with Gasteiger partial charge in [-0.3, -0.25) is 9.78 Å². The Kier molecular flexibility index (Phi) is 3.82. The van der Waals surface area contributed by atoms with Gasteiger partial charge in [-0.2, -0.15) is 5.26 Å². The molecule has 0 aliphatic heterocycles. The number of nitrogens with zero attached hydrogens (tertiary/aromatic N) is 2. The van der Waals surface area contributed by atoms with Crippen LogP contribution in [0.4, 0.5) is 5.69 Å². The van der Waals surface area contributed by atoms with Crippen molar-refractivity contribution in [1.29, 1.82) is 5.26 Å². The number of anilines is 1. The van der Waals surface area contributed by atoms with E-state index in [0.29, 0.717) is 17.0 Å². The molecule has 0 saturated heterocycles. The molecule has 0 radical (unpaired) electrons. The Labute approximate surface area is 115 Å². The summed E-state index contributed by atoms with van der Waals surface area (Å²) in [5.74, 6) is -0.337. The Morgan fingerprint density at radius 1 is 1.45 bits per heavy atom. The molecule has 0 bridgehead atoms. The molecule has 2 aromatic rings. The number of carbonyl (C=O) groups excluding carboxylic acids is 1. The van der Waals surface area contributed by atoms with Crippen molar-refractivity contribution in [3.8, 4) is 17.6 Å². The van der Waals surface area contributed by atoms with Crippen LogP contribution in [0.25, 0.3) is 0 Å². The van der Waals surface area contributed by atoms with Crippen molar-refractivity contribution in [2.75, 3.05) is 12.4 Å². The number of amides is 1. The van der Waals surface area contributed by atoms with Crippen LogP contribution in [0.1, 0.15) is 15.9 Å². The molecule has 20 heavy (non-hydrogen) atoms. The lowest BCUT2D eigenvalue weighted by molar-refractivity contribution is 0.102. The molecule has 2 rings (SSSR count). The first-order valence-electron chi connectivity index (χ1n) is 5.68. The fraction of sp³-hybridized carbons (Fsp3) is 0.0714. The molecule has 6 heteroatoms. The van der Waals surface area contributed by atoms with Gasteiger partial charge in [0.15, 0.2) is 0 Å². The van der Waals surface area contributed by atoms with E-state index in [4.69, 9.17) is 10.00 Å². The highest BCUT2D eigenvalue weighted by molar-refractivity contribution is 6.06. The van der Waals surface area contributed by atoms with E-state index in [9.17, 15) is 9.90 Å². The van der Waals surface area contributed by atoms with Gasteiger partial charge < -0.3 is 15.2 Å². The normalized spacial score (nSPS) is 9.60. The maximum Gasteiger partial charge on any atom is 0.259 e. The number of carbonyl (C=O) groups is 1. The summed E-state index contributed by atoms with van der Waals surface area (Å²) in [5.41, 5.74) is 0.936. The van der Waals surface area contributed by atoms with Gasteiger partial charge in [0, 0.05) is 12.3 Å². The zero-order chi connectivity index (χ0) is 14.5. The quantitative estimate of drug-likeness (QED) is 0.887. The number of hydrogen-bond donors (Lipinski definition) is 2. The number of rotatable bonds is 3. The maximum atomic E-state index is 12.0. The van der Waals surface area contributed by atoms with Gasteiger partial charge in [0.1, 0.15) is 11.5 Å². The predicted octanol–water partition coefficient (Wildman–Crippen LogP) is 1.92. The van der Waals surface area contributed by atoms with Crippen LogP contribution in [0.15, 0.2) is 36.7 Å². The number of hydrogen-bond acceptors (Lipinski definition) is 5. The second-order valence-electron chi connectivity index (χ2n) is 3.87. The van der Waals surface area contributed by atoms with Crippen molar-refractivity contribution >= 4 is 11.6 Å². The van der Waals surface area contributed by atoms with E-state index in [1.165, 1.54) is 31.6 Å².